The number of rotatable bonds is 24. The molecule has 0 radical (unpaired) electrons. The zero-order valence-corrected chi connectivity index (χ0v) is 34.6. The SMILES string of the molecule is CC(C)C(=O)CCOCCOCCC(=O)NC(C(=O)NCC(=O)Nc1ccc(COC(=O)C(C)C)cc1OC1CC(O)CC(C(=O)O)O1)C(C)C.CCCNC(N)=O. The van der Waals surface area contributed by atoms with E-state index in [1.807, 2.05) is 20.8 Å². The summed E-state index contributed by atoms with van der Waals surface area (Å²) in [6.07, 6.45) is -2.37. The number of aliphatic hydroxyl groups is 1. The van der Waals surface area contributed by atoms with E-state index in [1.165, 1.54) is 12.1 Å². The minimum Gasteiger partial charge on any atom is -0.479 e. The van der Waals surface area contributed by atoms with Gasteiger partial charge in [0.05, 0.1) is 50.7 Å². The van der Waals surface area contributed by atoms with Crippen molar-refractivity contribution < 1.29 is 67.5 Å². The molecule has 328 valence electrons. The van der Waals surface area contributed by atoms with Gasteiger partial charge in [0.1, 0.15) is 24.2 Å². The molecular weight excluding hydrogens is 762 g/mol. The van der Waals surface area contributed by atoms with Gasteiger partial charge in [-0.05, 0) is 30.0 Å². The number of benzene rings is 1. The van der Waals surface area contributed by atoms with Gasteiger partial charge in [-0.25, -0.2) is 9.59 Å². The Morgan fingerprint density at radius 2 is 1.53 bits per heavy atom. The number of amides is 5. The highest BCUT2D eigenvalue weighted by Crippen LogP contribution is 2.31. The number of ether oxygens (including phenoxy) is 5. The summed E-state index contributed by atoms with van der Waals surface area (Å²) in [6, 6.07) is 3.18. The summed E-state index contributed by atoms with van der Waals surface area (Å²) in [5.74, 6) is -3.86. The molecule has 4 atom stereocenters. The molecule has 1 aliphatic heterocycles. The van der Waals surface area contributed by atoms with Crippen LogP contribution in [0.1, 0.15) is 86.1 Å². The predicted octanol–water partition coefficient (Wildman–Crippen LogP) is 2.01. The van der Waals surface area contributed by atoms with Gasteiger partial charge in [0.15, 0.2) is 6.10 Å². The van der Waals surface area contributed by atoms with E-state index in [2.05, 4.69) is 21.3 Å². The highest BCUT2D eigenvalue weighted by molar-refractivity contribution is 5.97. The first-order chi connectivity index (χ1) is 27.3. The predicted molar refractivity (Wildman–Crippen MR) is 210 cm³/mol. The average Bonchev–Trinajstić information content (AvgIpc) is 3.15. The van der Waals surface area contributed by atoms with E-state index < -0.39 is 66.8 Å². The standard InChI is InChI=1S/C35H53N3O13.C4H10N2O/c1-20(2)26(40)9-11-47-13-14-48-12-10-29(41)38-32(21(3)4)33(43)36-18-30(42)37-25-8-7-23(19-49-35(46)22(5)6)15-27(25)50-31-17-24(39)16-28(51-31)34(44)45;1-2-3-6-4(5)7/h7-8,15,20-22,24,28,31-32,39H,9-14,16-19H2,1-6H3,(H,36,43)(H,37,42)(H,38,41)(H,44,45);2-3H2,1H3,(H3,5,6,7). The van der Waals surface area contributed by atoms with Crippen LogP contribution in [-0.2, 0) is 54.3 Å². The maximum Gasteiger partial charge on any atom is 0.333 e. The number of aliphatic carboxylic acids is 1. The van der Waals surface area contributed by atoms with Crippen LogP contribution in [0.2, 0.25) is 0 Å². The second-order valence-electron chi connectivity index (χ2n) is 14.4. The van der Waals surface area contributed by atoms with E-state index in [9.17, 15) is 43.8 Å². The average molecular weight is 826 g/mol. The fraction of sp³-hybridized carbons (Fsp3) is 0.667. The van der Waals surface area contributed by atoms with Crippen LogP contribution >= 0.6 is 0 Å². The smallest absolute Gasteiger partial charge is 0.333 e. The van der Waals surface area contributed by atoms with Crippen molar-refractivity contribution in [2.45, 2.75) is 112 Å². The van der Waals surface area contributed by atoms with E-state index >= 15 is 0 Å². The molecule has 58 heavy (non-hydrogen) atoms. The number of ketones is 1. The lowest BCUT2D eigenvalue weighted by Crippen LogP contribution is -2.51. The molecular formula is C39H63N5O14. The van der Waals surface area contributed by atoms with Gasteiger partial charge >= 0.3 is 18.0 Å². The molecule has 1 heterocycles. The number of carbonyl (C=O) groups is 7. The quantitative estimate of drug-likeness (QED) is 0.0580. The largest absolute Gasteiger partial charge is 0.479 e. The van der Waals surface area contributed by atoms with Crippen LogP contribution in [0.25, 0.3) is 0 Å². The highest BCUT2D eigenvalue weighted by Gasteiger charge is 2.34. The minimum atomic E-state index is -1.30. The van der Waals surface area contributed by atoms with Crippen LogP contribution in [0.4, 0.5) is 10.5 Å². The molecule has 1 aromatic carbocycles. The monoisotopic (exact) mass is 825 g/mol. The first kappa shape index (κ1) is 51.2. The summed E-state index contributed by atoms with van der Waals surface area (Å²) in [7, 11) is 0. The van der Waals surface area contributed by atoms with E-state index in [4.69, 9.17) is 29.4 Å². The lowest BCUT2D eigenvalue weighted by molar-refractivity contribution is -0.195. The normalized spacial score (nSPS) is 16.7. The number of anilines is 1. The number of urea groups is 1. The van der Waals surface area contributed by atoms with E-state index in [1.54, 1.807) is 33.8 Å². The van der Waals surface area contributed by atoms with Gasteiger partial charge < -0.3 is 60.9 Å². The Morgan fingerprint density at radius 1 is 0.879 bits per heavy atom. The van der Waals surface area contributed by atoms with Crippen molar-refractivity contribution in [3.05, 3.63) is 23.8 Å². The third-order valence-corrected chi connectivity index (χ3v) is 8.19. The van der Waals surface area contributed by atoms with Crippen LogP contribution in [0.5, 0.6) is 5.75 Å². The number of nitrogens with one attached hydrogen (secondary N) is 4. The molecule has 0 aliphatic carbocycles. The lowest BCUT2D eigenvalue weighted by atomic mass is 10.0. The van der Waals surface area contributed by atoms with Gasteiger partial charge in [-0.2, -0.15) is 0 Å². The van der Waals surface area contributed by atoms with Crippen molar-refractivity contribution in [3.63, 3.8) is 0 Å². The number of hydrogen-bond donors (Lipinski definition) is 7. The zero-order chi connectivity index (χ0) is 43.8. The zero-order valence-electron chi connectivity index (χ0n) is 34.6. The number of Topliss-reactive ketones (excluding diaryl/α,β-unsaturated/α-hetero) is 1. The molecule has 0 spiro atoms. The van der Waals surface area contributed by atoms with Gasteiger partial charge in [0.25, 0.3) is 0 Å². The second kappa shape index (κ2) is 27.7. The Kier molecular flexibility index (Phi) is 24.5. The van der Waals surface area contributed by atoms with Gasteiger partial charge in [0, 0.05) is 38.1 Å². The van der Waals surface area contributed by atoms with Gasteiger partial charge in [0.2, 0.25) is 24.0 Å². The number of hydrogen-bond acceptors (Lipinski definition) is 13. The van der Waals surface area contributed by atoms with E-state index in [-0.39, 0.29) is 80.7 Å². The number of carboxylic acids is 1. The molecule has 2 rings (SSSR count). The lowest BCUT2D eigenvalue weighted by Gasteiger charge is -2.31. The summed E-state index contributed by atoms with van der Waals surface area (Å²) in [4.78, 5) is 83.4. The minimum absolute atomic E-state index is 0.00673. The van der Waals surface area contributed by atoms with Crippen LogP contribution in [0.3, 0.4) is 0 Å². The van der Waals surface area contributed by atoms with Crippen LogP contribution in [0.15, 0.2) is 18.2 Å². The van der Waals surface area contributed by atoms with Gasteiger partial charge in [-0.3, -0.25) is 24.0 Å². The molecule has 1 aliphatic rings. The molecule has 4 unspecified atom stereocenters. The molecule has 1 fully saturated rings. The molecule has 0 aromatic heterocycles. The van der Waals surface area contributed by atoms with E-state index in [0.717, 1.165) is 6.42 Å². The third-order valence-electron chi connectivity index (χ3n) is 8.19. The Balaban J connectivity index is 0.00000219. The third kappa shape index (κ3) is 21.6. The summed E-state index contributed by atoms with van der Waals surface area (Å²) in [6.45, 7) is 13.5. The Morgan fingerprint density at radius 3 is 2.09 bits per heavy atom. The van der Waals surface area contributed by atoms with Crippen LogP contribution in [-0.4, -0.2) is 116 Å². The molecule has 5 amide bonds. The molecule has 19 nitrogen and oxygen atoms in total. The molecule has 8 N–H and O–H groups in total. The van der Waals surface area contributed by atoms with Crippen molar-refractivity contribution in [1.29, 1.82) is 0 Å². The molecule has 19 heteroatoms. The number of carbonyl (C=O) groups excluding carboxylic acids is 6. The number of nitrogens with two attached hydrogens (primary N) is 1. The van der Waals surface area contributed by atoms with Crippen LogP contribution < -0.4 is 31.7 Å². The van der Waals surface area contributed by atoms with E-state index in [0.29, 0.717) is 25.1 Å². The summed E-state index contributed by atoms with van der Waals surface area (Å²) >= 11 is 0. The van der Waals surface area contributed by atoms with Crippen molar-refractivity contribution in [2.75, 3.05) is 44.8 Å². The number of aliphatic hydroxyl groups excluding tert-OH is 1. The van der Waals surface area contributed by atoms with Gasteiger partial charge in [-0.15, -0.1) is 0 Å². The molecule has 0 saturated carbocycles. The summed E-state index contributed by atoms with van der Waals surface area (Å²) < 4.78 is 27.4. The Hall–Kier alpha value is -4.85. The van der Waals surface area contributed by atoms with Crippen molar-refractivity contribution in [2.24, 2.45) is 23.5 Å². The fourth-order valence-corrected chi connectivity index (χ4v) is 4.86. The highest BCUT2D eigenvalue weighted by atomic mass is 16.7. The number of carboxylic acid groups (broad SMARTS) is 1. The second-order valence-corrected chi connectivity index (χ2v) is 14.4. The molecule has 1 aromatic rings. The van der Waals surface area contributed by atoms with Crippen molar-refractivity contribution >= 4 is 47.2 Å². The van der Waals surface area contributed by atoms with Gasteiger partial charge in [-0.1, -0.05) is 54.5 Å². The Bertz CT molecular complexity index is 1490. The molecule has 0 bridgehead atoms. The topological polar surface area (TPSA) is 280 Å². The molecule has 1 saturated heterocycles. The number of primary amides is 1. The maximum absolute atomic E-state index is 13.0. The van der Waals surface area contributed by atoms with Crippen molar-refractivity contribution in [1.82, 2.24) is 16.0 Å². The number of esters is 1. The summed E-state index contributed by atoms with van der Waals surface area (Å²) in [5, 5.41) is 29.8. The Labute approximate surface area is 339 Å². The van der Waals surface area contributed by atoms with Crippen molar-refractivity contribution in [3.8, 4) is 5.75 Å². The first-order valence-electron chi connectivity index (χ1n) is 19.4. The van der Waals surface area contributed by atoms with Crippen LogP contribution in [0, 0.1) is 17.8 Å². The summed E-state index contributed by atoms with van der Waals surface area (Å²) in [5.41, 5.74) is 5.37. The fourth-order valence-electron chi connectivity index (χ4n) is 4.86. The first-order valence-corrected chi connectivity index (χ1v) is 19.4. The maximum atomic E-state index is 13.0.